The molecule has 14 heavy (non-hydrogen) atoms. The van der Waals surface area contributed by atoms with Gasteiger partial charge in [0.1, 0.15) is 0 Å². The second-order valence-corrected chi connectivity index (χ2v) is 5.56. The van der Waals surface area contributed by atoms with Crippen molar-refractivity contribution in [2.24, 2.45) is 11.8 Å². The molecule has 0 rings (SSSR count). The Morgan fingerprint density at radius 2 is 1.29 bits per heavy atom. The van der Waals surface area contributed by atoms with Crippen LogP contribution in [0.2, 0.25) is 0 Å². The molecule has 0 fully saturated rings. The van der Waals surface area contributed by atoms with Crippen LogP contribution in [-0.4, -0.2) is 23.4 Å². The first-order chi connectivity index (χ1) is 6.45. The molecule has 0 heterocycles. The normalized spacial score (nSPS) is 14.7. The Kier molecular flexibility index (Phi) is 6.82. The van der Waals surface area contributed by atoms with Crippen molar-refractivity contribution in [2.45, 2.75) is 13.8 Å². The zero-order valence-electron chi connectivity index (χ0n) is 8.02. The highest BCUT2D eigenvalue weighted by atomic mass is 33.1. The fraction of sp³-hybridized carbons (Fsp3) is 0.750. The Balaban J connectivity index is 3.47. The van der Waals surface area contributed by atoms with Gasteiger partial charge in [-0.15, -0.1) is 0 Å². The van der Waals surface area contributed by atoms with E-state index in [1.165, 1.54) is 21.6 Å². The van der Waals surface area contributed by atoms with Gasteiger partial charge in [-0.05, 0) is 0 Å². The van der Waals surface area contributed by atoms with Crippen LogP contribution >= 0.6 is 21.6 Å². The maximum absolute atomic E-state index is 10.3. The third-order valence-corrected chi connectivity index (χ3v) is 4.28. The SMILES string of the molecule is C[C@H](CSSC[C@H](C)C(=O)[O-])C(=O)[O-]. The van der Waals surface area contributed by atoms with Crippen LogP contribution in [-0.2, 0) is 9.59 Å². The molecule has 0 aliphatic heterocycles. The predicted octanol–water partition coefficient (Wildman–Crippen LogP) is -0.860. The summed E-state index contributed by atoms with van der Waals surface area (Å²) in [5, 5.41) is 20.6. The van der Waals surface area contributed by atoms with Crippen molar-refractivity contribution >= 4 is 33.5 Å². The molecule has 2 atom stereocenters. The van der Waals surface area contributed by atoms with Crippen molar-refractivity contribution in [3.8, 4) is 0 Å². The molecule has 0 aliphatic carbocycles. The Morgan fingerprint density at radius 1 is 1.00 bits per heavy atom. The number of carbonyl (C=O) groups excluding carboxylic acids is 2. The van der Waals surface area contributed by atoms with Gasteiger partial charge < -0.3 is 19.8 Å². The molecule has 6 heteroatoms. The summed E-state index contributed by atoms with van der Waals surface area (Å²) in [6.07, 6.45) is 0. The summed E-state index contributed by atoms with van der Waals surface area (Å²) in [4.78, 5) is 20.6. The van der Waals surface area contributed by atoms with E-state index >= 15 is 0 Å². The molecule has 0 amide bonds. The fourth-order valence-electron chi connectivity index (χ4n) is 0.436. The average Bonchev–Trinajstić information content (AvgIpc) is 2.11. The highest BCUT2D eigenvalue weighted by Gasteiger charge is 2.06. The minimum absolute atomic E-state index is 0.423. The van der Waals surface area contributed by atoms with E-state index in [9.17, 15) is 19.8 Å². The molecule has 0 aliphatic rings. The van der Waals surface area contributed by atoms with Gasteiger partial charge in [-0.25, -0.2) is 0 Å². The van der Waals surface area contributed by atoms with Crippen molar-refractivity contribution in [3.05, 3.63) is 0 Å². The molecule has 0 saturated heterocycles. The first kappa shape index (κ1) is 13.6. The van der Waals surface area contributed by atoms with Gasteiger partial charge in [0.2, 0.25) is 0 Å². The maximum atomic E-state index is 10.3. The van der Waals surface area contributed by atoms with Gasteiger partial charge >= 0.3 is 0 Å². The van der Waals surface area contributed by atoms with Crippen LogP contribution in [0.1, 0.15) is 13.8 Å². The third kappa shape index (κ3) is 6.15. The van der Waals surface area contributed by atoms with E-state index in [1.807, 2.05) is 0 Å². The van der Waals surface area contributed by atoms with E-state index in [2.05, 4.69) is 0 Å². The molecule has 0 radical (unpaired) electrons. The molecule has 0 saturated carbocycles. The highest BCUT2D eigenvalue weighted by molar-refractivity contribution is 8.76. The highest BCUT2D eigenvalue weighted by Crippen LogP contribution is 2.25. The summed E-state index contributed by atoms with van der Waals surface area (Å²) in [5.74, 6) is -2.33. The van der Waals surface area contributed by atoms with E-state index < -0.39 is 23.8 Å². The van der Waals surface area contributed by atoms with E-state index in [0.717, 1.165) is 0 Å². The van der Waals surface area contributed by atoms with E-state index in [1.54, 1.807) is 13.8 Å². The van der Waals surface area contributed by atoms with Gasteiger partial charge in [0.15, 0.2) is 0 Å². The molecule has 0 aromatic heterocycles. The Bertz CT molecular complexity index is 186. The van der Waals surface area contributed by atoms with Crippen molar-refractivity contribution in [3.63, 3.8) is 0 Å². The molecule has 0 N–H and O–H groups in total. The molecule has 4 nitrogen and oxygen atoms in total. The van der Waals surface area contributed by atoms with Crippen molar-refractivity contribution < 1.29 is 19.8 Å². The van der Waals surface area contributed by atoms with Gasteiger partial charge in [-0.3, -0.25) is 0 Å². The lowest BCUT2D eigenvalue weighted by atomic mass is 10.2. The van der Waals surface area contributed by atoms with Crippen LogP contribution in [0.15, 0.2) is 0 Å². The summed E-state index contributed by atoms with van der Waals surface area (Å²) in [6, 6.07) is 0. The van der Waals surface area contributed by atoms with E-state index in [0.29, 0.717) is 11.5 Å². The van der Waals surface area contributed by atoms with Crippen LogP contribution in [0.5, 0.6) is 0 Å². The summed E-state index contributed by atoms with van der Waals surface area (Å²) < 4.78 is 0. The summed E-state index contributed by atoms with van der Waals surface area (Å²) in [7, 11) is 2.68. The topological polar surface area (TPSA) is 80.3 Å². The van der Waals surface area contributed by atoms with E-state index in [4.69, 9.17) is 0 Å². The van der Waals surface area contributed by atoms with Gasteiger partial charge in [0, 0.05) is 35.3 Å². The molecule has 0 unspecified atom stereocenters. The number of carbonyl (C=O) groups is 2. The van der Waals surface area contributed by atoms with Crippen molar-refractivity contribution in [1.82, 2.24) is 0 Å². The number of carboxylic acid groups (broad SMARTS) is 2. The fourth-order valence-corrected chi connectivity index (χ4v) is 3.11. The van der Waals surface area contributed by atoms with Gasteiger partial charge in [-0.2, -0.15) is 0 Å². The lowest BCUT2D eigenvalue weighted by Crippen LogP contribution is -2.31. The van der Waals surface area contributed by atoms with Crippen molar-refractivity contribution in [1.29, 1.82) is 0 Å². The van der Waals surface area contributed by atoms with Crippen LogP contribution in [0.3, 0.4) is 0 Å². The number of hydrogen-bond acceptors (Lipinski definition) is 6. The smallest absolute Gasteiger partial charge is 0.0451 e. The van der Waals surface area contributed by atoms with Gasteiger partial charge in [-0.1, -0.05) is 35.4 Å². The zero-order valence-corrected chi connectivity index (χ0v) is 9.65. The lowest BCUT2D eigenvalue weighted by Gasteiger charge is -2.13. The molecule has 0 spiro atoms. The molecule has 82 valence electrons. The molecule has 0 bridgehead atoms. The van der Waals surface area contributed by atoms with Gasteiger partial charge in [0.25, 0.3) is 0 Å². The first-order valence-electron chi connectivity index (χ1n) is 4.11. The summed E-state index contributed by atoms with van der Waals surface area (Å²) >= 11 is 0. The lowest BCUT2D eigenvalue weighted by molar-refractivity contribution is -0.311. The average molecular weight is 236 g/mol. The molecular weight excluding hydrogens is 224 g/mol. The standard InChI is InChI=1S/C8H14O4S2/c1-5(7(9)10)3-13-14-4-6(2)8(11)12/h5-6H,3-4H2,1-2H3,(H,9,10)(H,11,12)/p-2/t5-,6+. The minimum atomic E-state index is -1.08. The molecule has 0 aromatic carbocycles. The summed E-state index contributed by atoms with van der Waals surface area (Å²) in [5.41, 5.74) is 0. The monoisotopic (exact) mass is 236 g/mol. The quantitative estimate of drug-likeness (QED) is 0.423. The third-order valence-electron chi connectivity index (χ3n) is 1.52. The Hall–Kier alpha value is -0.360. The first-order valence-corrected chi connectivity index (χ1v) is 6.60. The largest absolute Gasteiger partial charge is 0.550 e. The van der Waals surface area contributed by atoms with Crippen molar-refractivity contribution in [2.75, 3.05) is 11.5 Å². The molecular formula is C8H12O4S2-2. The van der Waals surface area contributed by atoms with Crippen LogP contribution in [0.4, 0.5) is 0 Å². The van der Waals surface area contributed by atoms with Crippen LogP contribution in [0, 0.1) is 11.8 Å². The Morgan fingerprint density at radius 3 is 1.50 bits per heavy atom. The second-order valence-electron chi connectivity index (χ2n) is 3.01. The van der Waals surface area contributed by atoms with Crippen LogP contribution in [0.25, 0.3) is 0 Å². The zero-order chi connectivity index (χ0) is 11.1. The molecule has 0 aromatic rings. The maximum Gasteiger partial charge on any atom is 0.0451 e. The van der Waals surface area contributed by atoms with E-state index in [-0.39, 0.29) is 0 Å². The number of aliphatic carboxylic acids is 2. The number of rotatable bonds is 7. The summed E-state index contributed by atoms with van der Waals surface area (Å²) in [6.45, 7) is 3.12. The number of carboxylic acids is 2. The second kappa shape index (κ2) is 7.00. The van der Waals surface area contributed by atoms with Gasteiger partial charge in [0.05, 0.1) is 0 Å². The Labute approximate surface area is 90.9 Å². The van der Waals surface area contributed by atoms with Crippen LogP contribution < -0.4 is 10.2 Å². The number of hydrogen-bond donors (Lipinski definition) is 0. The minimum Gasteiger partial charge on any atom is -0.550 e. The predicted molar refractivity (Wildman–Crippen MR) is 53.3 cm³/mol.